The Balaban J connectivity index is 3.09. The molecule has 10 heteroatoms. The Morgan fingerprint density at radius 1 is 1.67 bits per heavy atom. The average molecular weight is 267 g/mol. The van der Waals surface area contributed by atoms with E-state index in [0.29, 0.717) is 10.9 Å². The van der Waals surface area contributed by atoms with Gasteiger partial charge in [-0.3, -0.25) is 10.1 Å². The molecule has 0 amide bonds. The largest absolute Gasteiger partial charge is 0.467 e. The summed E-state index contributed by atoms with van der Waals surface area (Å²) in [5.74, 6) is -2.55. The first kappa shape index (κ1) is 13.9. The lowest BCUT2D eigenvalue weighted by molar-refractivity contribution is -0.387. The quantitative estimate of drug-likeness (QED) is 0.456. The fourth-order valence-corrected chi connectivity index (χ4v) is 1.26. The molecule has 0 aliphatic rings. The highest BCUT2D eigenvalue weighted by Gasteiger charge is 2.30. The first-order chi connectivity index (χ1) is 8.36. The molecule has 0 spiro atoms. The zero-order chi connectivity index (χ0) is 13.9. The van der Waals surface area contributed by atoms with Crippen LogP contribution in [0.5, 0.6) is 0 Å². The number of hydrogen-bond donors (Lipinski definition) is 0. The zero-order valence-electron chi connectivity index (χ0n) is 9.05. The van der Waals surface area contributed by atoms with Crippen LogP contribution in [0.25, 0.3) is 0 Å². The standard InChI is InChI=1S/C8H8F3N3O4/c1-18-8(15)4(2-6(9)10)13-3-5(14(16)17)7(11)12-13/h3-4,6H,2H2,1H3. The molecule has 0 aliphatic heterocycles. The molecule has 7 nitrogen and oxygen atoms in total. The van der Waals surface area contributed by atoms with Gasteiger partial charge in [-0.25, -0.2) is 18.3 Å². The average Bonchev–Trinajstić information content (AvgIpc) is 2.66. The van der Waals surface area contributed by atoms with Crippen LogP contribution in [0.2, 0.25) is 0 Å². The van der Waals surface area contributed by atoms with Crippen LogP contribution in [-0.4, -0.2) is 34.2 Å². The van der Waals surface area contributed by atoms with Crippen molar-refractivity contribution in [2.75, 3.05) is 7.11 Å². The molecule has 0 radical (unpaired) electrons. The predicted molar refractivity (Wildman–Crippen MR) is 50.5 cm³/mol. The van der Waals surface area contributed by atoms with E-state index in [1.807, 2.05) is 0 Å². The molecule has 1 aromatic heterocycles. The Kier molecular flexibility index (Phi) is 4.23. The molecule has 100 valence electrons. The van der Waals surface area contributed by atoms with Crippen molar-refractivity contribution in [1.29, 1.82) is 0 Å². The Hall–Kier alpha value is -2.13. The summed E-state index contributed by atoms with van der Waals surface area (Å²) in [7, 11) is 0.953. The second-order valence-electron chi connectivity index (χ2n) is 3.21. The highest BCUT2D eigenvalue weighted by Crippen LogP contribution is 2.22. The molecule has 0 aliphatic carbocycles. The number of aromatic nitrogens is 2. The molecule has 0 bridgehead atoms. The van der Waals surface area contributed by atoms with Gasteiger partial charge in [0.1, 0.15) is 6.20 Å². The number of carbonyl (C=O) groups excluding carboxylic acids is 1. The smallest absolute Gasteiger partial charge is 0.343 e. The second kappa shape index (κ2) is 5.47. The summed E-state index contributed by atoms with van der Waals surface area (Å²) < 4.78 is 42.2. The third-order valence-electron chi connectivity index (χ3n) is 2.06. The third kappa shape index (κ3) is 2.96. The minimum atomic E-state index is -2.87. The fourth-order valence-electron chi connectivity index (χ4n) is 1.26. The first-order valence-corrected chi connectivity index (χ1v) is 4.61. The monoisotopic (exact) mass is 267 g/mol. The predicted octanol–water partition coefficient (Wildman–Crippen LogP) is 1.30. The van der Waals surface area contributed by atoms with Gasteiger partial charge < -0.3 is 4.74 Å². The number of rotatable bonds is 5. The molecular weight excluding hydrogens is 259 g/mol. The highest BCUT2D eigenvalue weighted by atomic mass is 19.3. The van der Waals surface area contributed by atoms with E-state index in [2.05, 4.69) is 9.84 Å². The summed E-state index contributed by atoms with van der Waals surface area (Å²) in [5.41, 5.74) is -1.00. The van der Waals surface area contributed by atoms with Crippen LogP contribution in [0.15, 0.2) is 6.20 Å². The number of nitrogens with zero attached hydrogens (tertiary/aromatic N) is 3. The fraction of sp³-hybridized carbons (Fsp3) is 0.500. The van der Waals surface area contributed by atoms with E-state index in [0.717, 1.165) is 7.11 Å². The van der Waals surface area contributed by atoms with Gasteiger partial charge in [0.25, 0.3) is 0 Å². The van der Waals surface area contributed by atoms with Crippen LogP contribution in [0.1, 0.15) is 12.5 Å². The van der Waals surface area contributed by atoms with Crippen LogP contribution in [0, 0.1) is 16.1 Å². The van der Waals surface area contributed by atoms with E-state index >= 15 is 0 Å². The second-order valence-corrected chi connectivity index (χ2v) is 3.21. The van der Waals surface area contributed by atoms with Gasteiger partial charge in [-0.1, -0.05) is 0 Å². The van der Waals surface area contributed by atoms with Crippen molar-refractivity contribution >= 4 is 11.7 Å². The molecule has 0 saturated heterocycles. The van der Waals surface area contributed by atoms with E-state index in [1.165, 1.54) is 0 Å². The molecule has 1 rings (SSSR count). The minimum Gasteiger partial charge on any atom is -0.467 e. The summed E-state index contributed by atoms with van der Waals surface area (Å²) in [6.07, 6.45) is -3.29. The van der Waals surface area contributed by atoms with Gasteiger partial charge in [-0.15, -0.1) is 5.10 Å². The van der Waals surface area contributed by atoms with Crippen molar-refractivity contribution < 1.29 is 27.6 Å². The van der Waals surface area contributed by atoms with Crippen molar-refractivity contribution in [2.24, 2.45) is 0 Å². The van der Waals surface area contributed by atoms with Crippen LogP contribution in [0.3, 0.4) is 0 Å². The van der Waals surface area contributed by atoms with E-state index in [-0.39, 0.29) is 0 Å². The molecule has 1 unspecified atom stereocenters. The summed E-state index contributed by atoms with van der Waals surface area (Å²) >= 11 is 0. The summed E-state index contributed by atoms with van der Waals surface area (Å²) in [6, 6.07) is -1.61. The summed E-state index contributed by atoms with van der Waals surface area (Å²) in [6.45, 7) is 0. The zero-order valence-corrected chi connectivity index (χ0v) is 9.05. The van der Waals surface area contributed by atoms with Crippen molar-refractivity contribution in [3.63, 3.8) is 0 Å². The van der Waals surface area contributed by atoms with E-state index in [1.54, 1.807) is 0 Å². The topological polar surface area (TPSA) is 87.3 Å². The molecule has 0 N–H and O–H groups in total. The minimum absolute atomic E-state index is 0.464. The molecule has 0 saturated carbocycles. The Labute approximate surface area is 98.3 Å². The number of nitro groups is 1. The first-order valence-electron chi connectivity index (χ1n) is 4.61. The van der Waals surface area contributed by atoms with Gasteiger partial charge >= 0.3 is 17.6 Å². The molecular formula is C8H8F3N3O4. The van der Waals surface area contributed by atoms with Crippen molar-refractivity contribution in [3.8, 4) is 0 Å². The molecule has 1 heterocycles. The van der Waals surface area contributed by atoms with E-state index in [9.17, 15) is 28.1 Å². The molecule has 18 heavy (non-hydrogen) atoms. The number of ether oxygens (including phenoxy) is 1. The Bertz CT molecular complexity index is 462. The van der Waals surface area contributed by atoms with Gasteiger partial charge in [0.15, 0.2) is 6.04 Å². The molecule has 0 aromatic carbocycles. The van der Waals surface area contributed by atoms with Crippen LogP contribution in [-0.2, 0) is 9.53 Å². The summed E-state index contributed by atoms with van der Waals surface area (Å²) in [4.78, 5) is 20.5. The number of esters is 1. The van der Waals surface area contributed by atoms with Gasteiger partial charge in [-0.2, -0.15) is 4.39 Å². The third-order valence-corrected chi connectivity index (χ3v) is 2.06. The van der Waals surface area contributed by atoms with Gasteiger partial charge in [0.2, 0.25) is 6.43 Å². The molecule has 1 atom stereocenters. The number of hydrogen-bond acceptors (Lipinski definition) is 5. The maximum atomic E-state index is 13.0. The number of halogens is 3. The number of alkyl halides is 2. The van der Waals surface area contributed by atoms with Gasteiger partial charge in [0, 0.05) is 6.42 Å². The van der Waals surface area contributed by atoms with Crippen LogP contribution >= 0.6 is 0 Å². The molecule has 1 aromatic rings. The lowest BCUT2D eigenvalue weighted by Crippen LogP contribution is -2.23. The SMILES string of the molecule is COC(=O)C(CC(F)F)n1cc([N+](=O)[O-])c(F)n1. The van der Waals surface area contributed by atoms with Crippen molar-refractivity contribution in [3.05, 3.63) is 22.3 Å². The van der Waals surface area contributed by atoms with Crippen LogP contribution < -0.4 is 0 Å². The van der Waals surface area contributed by atoms with Crippen LogP contribution in [0.4, 0.5) is 18.9 Å². The Morgan fingerprint density at radius 2 is 2.28 bits per heavy atom. The Morgan fingerprint density at radius 3 is 2.67 bits per heavy atom. The maximum absolute atomic E-state index is 13.0. The normalized spacial score (nSPS) is 12.5. The van der Waals surface area contributed by atoms with E-state index < -0.39 is 41.4 Å². The number of methoxy groups -OCH3 is 1. The van der Waals surface area contributed by atoms with Crippen molar-refractivity contribution in [1.82, 2.24) is 9.78 Å². The lowest BCUT2D eigenvalue weighted by Gasteiger charge is -2.13. The highest BCUT2D eigenvalue weighted by molar-refractivity contribution is 5.74. The summed E-state index contributed by atoms with van der Waals surface area (Å²) in [5, 5.41) is 13.4. The number of carbonyl (C=O) groups is 1. The maximum Gasteiger partial charge on any atom is 0.343 e. The van der Waals surface area contributed by atoms with Gasteiger partial charge in [0.05, 0.1) is 12.0 Å². The lowest BCUT2D eigenvalue weighted by atomic mass is 10.2. The van der Waals surface area contributed by atoms with Crippen molar-refractivity contribution in [2.45, 2.75) is 18.9 Å². The van der Waals surface area contributed by atoms with E-state index in [4.69, 9.17) is 0 Å². The van der Waals surface area contributed by atoms with Gasteiger partial charge in [-0.05, 0) is 0 Å². The molecule has 0 fully saturated rings.